The SMILES string of the molecule is NCc1ccc(-c2cccc(NC(=O)[C@@H]3CCCN3)c2)cc1. The highest BCUT2D eigenvalue weighted by Gasteiger charge is 2.21. The first-order valence-corrected chi connectivity index (χ1v) is 7.70. The van der Waals surface area contributed by atoms with E-state index in [1.165, 1.54) is 0 Å². The Morgan fingerprint density at radius 1 is 1.18 bits per heavy atom. The molecule has 1 fully saturated rings. The number of amides is 1. The first-order valence-electron chi connectivity index (χ1n) is 7.70. The third-order valence-electron chi connectivity index (χ3n) is 4.03. The Kier molecular flexibility index (Phi) is 4.51. The summed E-state index contributed by atoms with van der Waals surface area (Å²) in [5.41, 5.74) is 9.77. The number of nitrogens with one attached hydrogen (secondary N) is 2. The highest BCUT2D eigenvalue weighted by Crippen LogP contribution is 2.23. The van der Waals surface area contributed by atoms with Gasteiger partial charge in [0.25, 0.3) is 0 Å². The van der Waals surface area contributed by atoms with Crippen molar-refractivity contribution in [3.63, 3.8) is 0 Å². The smallest absolute Gasteiger partial charge is 0.241 e. The van der Waals surface area contributed by atoms with Crippen molar-refractivity contribution in [3.8, 4) is 11.1 Å². The van der Waals surface area contributed by atoms with Gasteiger partial charge in [0.2, 0.25) is 5.91 Å². The van der Waals surface area contributed by atoms with Gasteiger partial charge >= 0.3 is 0 Å². The summed E-state index contributed by atoms with van der Waals surface area (Å²) in [6.07, 6.45) is 1.97. The number of nitrogens with two attached hydrogens (primary N) is 1. The molecule has 1 atom stereocenters. The highest BCUT2D eigenvalue weighted by molar-refractivity contribution is 5.95. The van der Waals surface area contributed by atoms with Crippen LogP contribution in [-0.4, -0.2) is 18.5 Å². The lowest BCUT2D eigenvalue weighted by molar-refractivity contribution is -0.117. The summed E-state index contributed by atoms with van der Waals surface area (Å²) >= 11 is 0. The van der Waals surface area contributed by atoms with Crippen LogP contribution in [-0.2, 0) is 11.3 Å². The van der Waals surface area contributed by atoms with E-state index in [0.717, 1.165) is 41.8 Å². The molecule has 1 aliphatic rings. The van der Waals surface area contributed by atoms with Crippen LogP contribution in [0, 0.1) is 0 Å². The molecule has 0 spiro atoms. The summed E-state index contributed by atoms with van der Waals surface area (Å²) < 4.78 is 0. The fraction of sp³-hybridized carbons (Fsp3) is 0.278. The molecule has 0 radical (unpaired) electrons. The molecule has 4 heteroatoms. The molecule has 1 saturated heterocycles. The molecule has 1 heterocycles. The fourth-order valence-electron chi connectivity index (χ4n) is 2.75. The number of benzene rings is 2. The first-order chi connectivity index (χ1) is 10.8. The van der Waals surface area contributed by atoms with Crippen LogP contribution in [0.1, 0.15) is 18.4 Å². The Morgan fingerprint density at radius 2 is 2.00 bits per heavy atom. The number of hydrogen-bond donors (Lipinski definition) is 3. The predicted molar refractivity (Wildman–Crippen MR) is 89.4 cm³/mol. The van der Waals surface area contributed by atoms with Crippen LogP contribution in [0.25, 0.3) is 11.1 Å². The molecule has 0 unspecified atom stereocenters. The van der Waals surface area contributed by atoms with Gasteiger partial charge < -0.3 is 16.4 Å². The highest BCUT2D eigenvalue weighted by atomic mass is 16.2. The summed E-state index contributed by atoms with van der Waals surface area (Å²) in [6.45, 7) is 1.47. The molecule has 114 valence electrons. The number of hydrogen-bond acceptors (Lipinski definition) is 3. The van der Waals surface area contributed by atoms with Gasteiger partial charge in [-0.2, -0.15) is 0 Å². The maximum absolute atomic E-state index is 12.2. The molecular weight excluding hydrogens is 274 g/mol. The van der Waals surface area contributed by atoms with Gasteiger partial charge in [0, 0.05) is 12.2 Å². The van der Waals surface area contributed by atoms with Gasteiger partial charge in [-0.15, -0.1) is 0 Å². The van der Waals surface area contributed by atoms with Crippen molar-refractivity contribution in [2.24, 2.45) is 5.73 Å². The molecule has 3 rings (SSSR count). The number of anilines is 1. The maximum Gasteiger partial charge on any atom is 0.241 e. The van der Waals surface area contributed by atoms with Crippen LogP contribution in [0.3, 0.4) is 0 Å². The molecule has 2 aromatic carbocycles. The lowest BCUT2D eigenvalue weighted by Gasteiger charge is -2.12. The second kappa shape index (κ2) is 6.73. The van der Waals surface area contributed by atoms with E-state index in [4.69, 9.17) is 5.73 Å². The lowest BCUT2D eigenvalue weighted by atomic mass is 10.0. The number of carbonyl (C=O) groups is 1. The van der Waals surface area contributed by atoms with Crippen molar-refractivity contribution in [1.82, 2.24) is 5.32 Å². The molecule has 0 bridgehead atoms. The van der Waals surface area contributed by atoms with Crippen molar-refractivity contribution in [3.05, 3.63) is 54.1 Å². The summed E-state index contributed by atoms with van der Waals surface area (Å²) in [7, 11) is 0. The molecule has 4 N–H and O–H groups in total. The van der Waals surface area contributed by atoms with Crippen LogP contribution in [0.2, 0.25) is 0 Å². The Morgan fingerprint density at radius 3 is 2.68 bits per heavy atom. The minimum absolute atomic E-state index is 0.0492. The van der Waals surface area contributed by atoms with Gasteiger partial charge in [-0.05, 0) is 48.2 Å². The minimum atomic E-state index is -0.0625. The van der Waals surface area contributed by atoms with Gasteiger partial charge in [-0.25, -0.2) is 0 Å². The normalized spacial score (nSPS) is 17.4. The molecule has 0 saturated carbocycles. The summed E-state index contributed by atoms with van der Waals surface area (Å²) in [5, 5.41) is 6.21. The fourth-order valence-corrected chi connectivity index (χ4v) is 2.75. The van der Waals surface area contributed by atoms with Crippen molar-refractivity contribution < 1.29 is 4.79 Å². The topological polar surface area (TPSA) is 67.1 Å². The van der Waals surface area contributed by atoms with E-state index >= 15 is 0 Å². The zero-order valence-electron chi connectivity index (χ0n) is 12.5. The molecule has 0 aromatic heterocycles. The van der Waals surface area contributed by atoms with Gasteiger partial charge in [-0.3, -0.25) is 4.79 Å². The van der Waals surface area contributed by atoms with Crippen molar-refractivity contribution in [2.75, 3.05) is 11.9 Å². The van der Waals surface area contributed by atoms with E-state index in [2.05, 4.69) is 22.8 Å². The molecular formula is C18H21N3O. The summed E-state index contributed by atoms with van der Waals surface area (Å²) in [4.78, 5) is 12.2. The Hall–Kier alpha value is -2.17. The zero-order chi connectivity index (χ0) is 15.4. The Labute approximate surface area is 130 Å². The van der Waals surface area contributed by atoms with Crippen molar-refractivity contribution in [1.29, 1.82) is 0 Å². The average molecular weight is 295 g/mol. The van der Waals surface area contributed by atoms with E-state index in [-0.39, 0.29) is 11.9 Å². The van der Waals surface area contributed by atoms with Crippen LogP contribution in [0.15, 0.2) is 48.5 Å². The number of carbonyl (C=O) groups excluding carboxylic acids is 1. The van der Waals surface area contributed by atoms with Crippen LogP contribution in [0.4, 0.5) is 5.69 Å². The standard InChI is InChI=1S/C18H21N3O/c19-12-13-6-8-14(9-7-13)15-3-1-4-16(11-15)21-18(22)17-5-2-10-20-17/h1,3-4,6-9,11,17,20H,2,5,10,12,19H2,(H,21,22)/t17-/m0/s1. The van der Waals surface area contributed by atoms with E-state index in [1.54, 1.807) is 0 Å². The van der Waals surface area contributed by atoms with Gasteiger partial charge in [-0.1, -0.05) is 36.4 Å². The summed E-state index contributed by atoms with van der Waals surface area (Å²) in [5.74, 6) is 0.0492. The monoisotopic (exact) mass is 295 g/mol. The van der Waals surface area contributed by atoms with Crippen molar-refractivity contribution >= 4 is 11.6 Å². The van der Waals surface area contributed by atoms with E-state index in [0.29, 0.717) is 6.54 Å². The first kappa shape index (κ1) is 14.8. The van der Waals surface area contributed by atoms with Crippen molar-refractivity contribution in [2.45, 2.75) is 25.4 Å². The predicted octanol–water partition coefficient (Wildman–Crippen LogP) is 2.50. The van der Waals surface area contributed by atoms with Gasteiger partial charge in [0.1, 0.15) is 0 Å². The van der Waals surface area contributed by atoms with Crippen LogP contribution >= 0.6 is 0 Å². The average Bonchev–Trinajstić information content (AvgIpc) is 3.10. The van der Waals surface area contributed by atoms with Crippen LogP contribution in [0.5, 0.6) is 0 Å². The molecule has 0 aliphatic carbocycles. The van der Waals surface area contributed by atoms with E-state index < -0.39 is 0 Å². The van der Waals surface area contributed by atoms with Gasteiger partial charge in [0.15, 0.2) is 0 Å². The Bertz CT molecular complexity index is 646. The molecule has 2 aromatic rings. The zero-order valence-corrected chi connectivity index (χ0v) is 12.5. The second-order valence-corrected chi connectivity index (χ2v) is 5.62. The van der Waals surface area contributed by atoms with Crippen LogP contribution < -0.4 is 16.4 Å². The largest absolute Gasteiger partial charge is 0.326 e. The summed E-state index contributed by atoms with van der Waals surface area (Å²) in [6, 6.07) is 16.0. The molecule has 1 aliphatic heterocycles. The maximum atomic E-state index is 12.2. The third kappa shape index (κ3) is 3.35. The molecule has 1 amide bonds. The van der Waals surface area contributed by atoms with E-state index in [1.807, 2.05) is 36.4 Å². The third-order valence-corrected chi connectivity index (χ3v) is 4.03. The van der Waals surface area contributed by atoms with Gasteiger partial charge in [0.05, 0.1) is 6.04 Å². The molecule has 22 heavy (non-hydrogen) atoms. The molecule has 4 nitrogen and oxygen atoms in total. The minimum Gasteiger partial charge on any atom is -0.326 e. The quantitative estimate of drug-likeness (QED) is 0.812. The Balaban J connectivity index is 1.75. The number of rotatable bonds is 4. The lowest BCUT2D eigenvalue weighted by Crippen LogP contribution is -2.35. The van der Waals surface area contributed by atoms with E-state index in [9.17, 15) is 4.79 Å². The second-order valence-electron chi connectivity index (χ2n) is 5.62.